The van der Waals surface area contributed by atoms with Gasteiger partial charge in [-0.3, -0.25) is 9.10 Å². The number of amides is 1. The molecule has 0 bridgehead atoms. The van der Waals surface area contributed by atoms with Crippen molar-refractivity contribution in [2.24, 2.45) is 0 Å². The fourth-order valence-corrected chi connectivity index (χ4v) is 3.69. The zero-order chi connectivity index (χ0) is 20.0. The van der Waals surface area contributed by atoms with Crippen molar-refractivity contribution >= 4 is 37.5 Å². The minimum Gasteiger partial charge on any atom is -0.491 e. The number of hydrogen-bond acceptors (Lipinski definition) is 4. The number of hydrogen-bond donors (Lipinski definition) is 1. The molecular formula is C19H23BrN2O4S. The molecule has 0 atom stereocenters. The summed E-state index contributed by atoms with van der Waals surface area (Å²) in [6, 6.07) is 12.6. The first-order chi connectivity index (χ1) is 12.7. The fourth-order valence-electron chi connectivity index (χ4n) is 2.45. The van der Waals surface area contributed by atoms with E-state index in [0.29, 0.717) is 12.3 Å². The van der Waals surface area contributed by atoms with Crippen LogP contribution in [0.3, 0.4) is 0 Å². The van der Waals surface area contributed by atoms with Gasteiger partial charge in [-0.2, -0.15) is 0 Å². The highest BCUT2D eigenvalue weighted by Gasteiger charge is 2.20. The normalized spacial score (nSPS) is 11.1. The molecule has 2 aromatic rings. The summed E-state index contributed by atoms with van der Waals surface area (Å²) in [6.45, 7) is 4.27. The summed E-state index contributed by atoms with van der Waals surface area (Å²) < 4.78 is 31.6. The van der Waals surface area contributed by atoms with E-state index in [-0.39, 0.29) is 13.1 Å². The standard InChI is InChI=1S/C19H23BrN2O4S/c1-14-6-4-9-18(15(14)2)26-11-10-21-19(23)13-22(27(3,24)25)17-8-5-7-16(20)12-17/h4-9,12H,10-11,13H2,1-3H3,(H,21,23). The molecule has 1 N–H and O–H groups in total. The average molecular weight is 455 g/mol. The van der Waals surface area contributed by atoms with E-state index in [4.69, 9.17) is 4.74 Å². The Morgan fingerprint density at radius 3 is 2.56 bits per heavy atom. The molecule has 2 rings (SSSR count). The number of carbonyl (C=O) groups excluding carboxylic acids is 1. The van der Waals surface area contributed by atoms with Gasteiger partial charge in [0, 0.05) is 4.47 Å². The Labute approximate surface area is 168 Å². The summed E-state index contributed by atoms with van der Waals surface area (Å²) in [4.78, 5) is 12.2. The van der Waals surface area contributed by atoms with Crippen molar-refractivity contribution in [1.82, 2.24) is 5.32 Å². The van der Waals surface area contributed by atoms with Crippen molar-refractivity contribution in [3.8, 4) is 5.75 Å². The number of halogens is 1. The zero-order valence-electron chi connectivity index (χ0n) is 15.5. The molecule has 1 amide bonds. The van der Waals surface area contributed by atoms with Gasteiger partial charge in [0.2, 0.25) is 15.9 Å². The molecule has 0 radical (unpaired) electrons. The molecule has 146 valence electrons. The molecule has 0 spiro atoms. The SMILES string of the molecule is Cc1cccc(OCCNC(=O)CN(c2cccc(Br)c2)S(C)(=O)=O)c1C. The lowest BCUT2D eigenvalue weighted by molar-refractivity contribution is -0.119. The van der Waals surface area contributed by atoms with Crippen LogP contribution in [0.15, 0.2) is 46.9 Å². The summed E-state index contributed by atoms with van der Waals surface area (Å²) in [7, 11) is -3.59. The van der Waals surface area contributed by atoms with Gasteiger partial charge in [0.1, 0.15) is 18.9 Å². The van der Waals surface area contributed by atoms with Crippen molar-refractivity contribution < 1.29 is 17.9 Å². The number of ether oxygens (including phenoxy) is 1. The van der Waals surface area contributed by atoms with E-state index in [2.05, 4.69) is 21.2 Å². The van der Waals surface area contributed by atoms with Crippen molar-refractivity contribution in [1.29, 1.82) is 0 Å². The highest BCUT2D eigenvalue weighted by Crippen LogP contribution is 2.22. The van der Waals surface area contributed by atoms with Crippen LogP contribution in [0.4, 0.5) is 5.69 Å². The molecule has 0 unspecified atom stereocenters. The average Bonchev–Trinajstić information content (AvgIpc) is 2.59. The van der Waals surface area contributed by atoms with Crippen LogP contribution < -0.4 is 14.4 Å². The Hall–Kier alpha value is -2.06. The predicted molar refractivity (Wildman–Crippen MR) is 111 cm³/mol. The molecule has 2 aromatic carbocycles. The van der Waals surface area contributed by atoms with Crippen molar-refractivity contribution in [2.45, 2.75) is 13.8 Å². The lowest BCUT2D eigenvalue weighted by Gasteiger charge is -2.22. The summed E-state index contributed by atoms with van der Waals surface area (Å²) in [5.41, 5.74) is 2.62. The van der Waals surface area contributed by atoms with Crippen molar-refractivity contribution in [2.75, 3.05) is 30.3 Å². The molecule has 6 nitrogen and oxygen atoms in total. The van der Waals surface area contributed by atoms with Crippen LogP contribution >= 0.6 is 15.9 Å². The Balaban J connectivity index is 1.92. The maximum absolute atomic E-state index is 12.2. The van der Waals surface area contributed by atoms with Gasteiger partial charge in [-0.1, -0.05) is 34.1 Å². The molecule has 8 heteroatoms. The number of sulfonamides is 1. The van der Waals surface area contributed by atoms with E-state index in [1.807, 2.05) is 32.0 Å². The lowest BCUT2D eigenvalue weighted by atomic mass is 10.1. The quantitative estimate of drug-likeness (QED) is 0.621. The van der Waals surface area contributed by atoms with Crippen LogP contribution in [-0.4, -0.2) is 40.3 Å². The van der Waals surface area contributed by atoms with Gasteiger partial charge in [0.25, 0.3) is 0 Å². The third kappa shape index (κ3) is 6.25. The number of rotatable bonds is 8. The summed E-state index contributed by atoms with van der Waals surface area (Å²) in [5, 5.41) is 2.69. The van der Waals surface area contributed by atoms with Gasteiger partial charge < -0.3 is 10.1 Å². The predicted octanol–water partition coefficient (Wildman–Crippen LogP) is 3.03. The third-order valence-corrected chi connectivity index (χ3v) is 5.65. The molecule has 0 aliphatic carbocycles. The number of anilines is 1. The monoisotopic (exact) mass is 454 g/mol. The van der Waals surface area contributed by atoms with Gasteiger partial charge >= 0.3 is 0 Å². The topological polar surface area (TPSA) is 75.7 Å². The largest absolute Gasteiger partial charge is 0.491 e. The van der Waals surface area contributed by atoms with Gasteiger partial charge in [-0.15, -0.1) is 0 Å². The number of nitrogens with one attached hydrogen (secondary N) is 1. The Kier molecular flexibility index (Phi) is 7.26. The van der Waals surface area contributed by atoms with E-state index >= 15 is 0 Å². The number of carbonyl (C=O) groups is 1. The summed E-state index contributed by atoms with van der Waals surface area (Å²) in [5.74, 6) is 0.376. The fraction of sp³-hybridized carbons (Fsp3) is 0.316. The molecule has 0 aliphatic heterocycles. The minimum absolute atomic E-state index is 0.280. The second-order valence-corrected chi connectivity index (χ2v) is 8.97. The Morgan fingerprint density at radius 1 is 1.19 bits per heavy atom. The molecule has 0 fully saturated rings. The van der Waals surface area contributed by atoms with Crippen LogP contribution in [0.25, 0.3) is 0 Å². The van der Waals surface area contributed by atoms with Crippen LogP contribution in [0.1, 0.15) is 11.1 Å². The number of benzene rings is 2. The molecule has 0 aromatic heterocycles. The number of aryl methyl sites for hydroxylation is 1. The lowest BCUT2D eigenvalue weighted by Crippen LogP contribution is -2.41. The van der Waals surface area contributed by atoms with E-state index in [9.17, 15) is 13.2 Å². The Morgan fingerprint density at radius 2 is 1.89 bits per heavy atom. The molecular weight excluding hydrogens is 432 g/mol. The van der Waals surface area contributed by atoms with E-state index in [0.717, 1.165) is 31.9 Å². The molecule has 0 heterocycles. The van der Waals surface area contributed by atoms with Crippen LogP contribution in [0, 0.1) is 13.8 Å². The first kappa shape index (κ1) is 21.2. The van der Waals surface area contributed by atoms with Crippen LogP contribution in [0.2, 0.25) is 0 Å². The Bertz CT molecular complexity index is 916. The zero-order valence-corrected chi connectivity index (χ0v) is 17.9. The first-order valence-corrected chi connectivity index (χ1v) is 11.0. The van der Waals surface area contributed by atoms with E-state index < -0.39 is 15.9 Å². The van der Waals surface area contributed by atoms with Crippen molar-refractivity contribution in [3.63, 3.8) is 0 Å². The summed E-state index contributed by atoms with van der Waals surface area (Å²) in [6.07, 6.45) is 1.07. The van der Waals surface area contributed by atoms with Gasteiger partial charge in [0.15, 0.2) is 0 Å². The first-order valence-electron chi connectivity index (χ1n) is 8.37. The number of nitrogens with zero attached hydrogens (tertiary/aromatic N) is 1. The van der Waals surface area contributed by atoms with E-state index in [1.165, 1.54) is 0 Å². The molecule has 0 aliphatic rings. The van der Waals surface area contributed by atoms with Crippen LogP contribution in [-0.2, 0) is 14.8 Å². The maximum Gasteiger partial charge on any atom is 0.240 e. The molecule has 0 saturated carbocycles. The van der Waals surface area contributed by atoms with Gasteiger partial charge in [0.05, 0.1) is 18.5 Å². The second-order valence-electron chi connectivity index (χ2n) is 6.15. The van der Waals surface area contributed by atoms with E-state index in [1.54, 1.807) is 24.3 Å². The van der Waals surface area contributed by atoms with Crippen molar-refractivity contribution in [3.05, 3.63) is 58.1 Å². The third-order valence-electron chi connectivity index (χ3n) is 4.02. The second kappa shape index (κ2) is 9.23. The van der Waals surface area contributed by atoms with Crippen LogP contribution in [0.5, 0.6) is 5.75 Å². The smallest absolute Gasteiger partial charge is 0.240 e. The summed E-state index contributed by atoms with van der Waals surface area (Å²) >= 11 is 3.31. The van der Waals surface area contributed by atoms with Gasteiger partial charge in [-0.25, -0.2) is 8.42 Å². The molecule has 27 heavy (non-hydrogen) atoms. The maximum atomic E-state index is 12.2. The highest BCUT2D eigenvalue weighted by atomic mass is 79.9. The highest BCUT2D eigenvalue weighted by molar-refractivity contribution is 9.10. The van der Waals surface area contributed by atoms with Gasteiger partial charge in [-0.05, 0) is 49.2 Å². The molecule has 0 saturated heterocycles. The minimum atomic E-state index is -3.59.